The number of carbonyl (C=O) groups is 1. The van der Waals surface area contributed by atoms with Crippen molar-refractivity contribution < 1.29 is 13.2 Å². The number of sulfonamides is 1. The van der Waals surface area contributed by atoms with E-state index in [1.165, 1.54) is 19.1 Å². The smallest absolute Gasteiger partial charge is 0.241 e. The first-order valence-electron chi connectivity index (χ1n) is 4.30. The van der Waals surface area contributed by atoms with E-state index in [0.717, 1.165) is 0 Å². The molecule has 0 unspecified atom stereocenters. The van der Waals surface area contributed by atoms with Crippen LogP contribution in [0.15, 0.2) is 35.2 Å². The van der Waals surface area contributed by atoms with Gasteiger partial charge in [-0.15, -0.1) is 0 Å². The fourth-order valence-corrected chi connectivity index (χ4v) is 2.19. The van der Waals surface area contributed by atoms with Crippen LogP contribution in [-0.4, -0.2) is 20.4 Å². The average molecular weight is 228 g/mol. The Morgan fingerprint density at radius 2 is 1.87 bits per heavy atom. The van der Waals surface area contributed by atoms with Gasteiger partial charge < -0.3 is 5.73 Å². The number of amides is 1. The molecule has 1 aromatic carbocycles. The van der Waals surface area contributed by atoms with Gasteiger partial charge in [-0.05, 0) is 19.1 Å². The van der Waals surface area contributed by atoms with Crippen molar-refractivity contribution in [3.05, 3.63) is 30.3 Å². The molecule has 6 heteroatoms. The molecule has 0 aliphatic carbocycles. The van der Waals surface area contributed by atoms with Crippen LogP contribution in [0.1, 0.15) is 6.92 Å². The van der Waals surface area contributed by atoms with Crippen LogP contribution in [0.3, 0.4) is 0 Å². The minimum Gasteiger partial charge on any atom is -0.368 e. The lowest BCUT2D eigenvalue weighted by Crippen LogP contribution is -2.42. The first kappa shape index (κ1) is 11.7. The molecule has 1 rings (SSSR count). The van der Waals surface area contributed by atoms with Gasteiger partial charge in [-0.3, -0.25) is 4.79 Å². The first-order valence-corrected chi connectivity index (χ1v) is 5.78. The second-order valence-electron chi connectivity index (χ2n) is 3.06. The number of benzene rings is 1. The molecular formula is C9H12N2O3S. The third-order valence-electron chi connectivity index (χ3n) is 1.81. The average Bonchev–Trinajstić information content (AvgIpc) is 2.18. The van der Waals surface area contributed by atoms with E-state index in [0.29, 0.717) is 0 Å². The molecule has 0 saturated heterocycles. The van der Waals surface area contributed by atoms with E-state index in [1.54, 1.807) is 18.2 Å². The molecule has 0 saturated carbocycles. The Bertz CT molecular complexity index is 442. The van der Waals surface area contributed by atoms with Crippen molar-refractivity contribution in [3.8, 4) is 0 Å². The van der Waals surface area contributed by atoms with Crippen LogP contribution >= 0.6 is 0 Å². The van der Waals surface area contributed by atoms with Crippen LogP contribution in [0.2, 0.25) is 0 Å². The Morgan fingerprint density at radius 3 is 2.33 bits per heavy atom. The van der Waals surface area contributed by atoms with Crippen LogP contribution in [-0.2, 0) is 14.8 Å². The Labute approximate surface area is 88.3 Å². The van der Waals surface area contributed by atoms with Crippen molar-refractivity contribution in [2.24, 2.45) is 5.73 Å². The highest BCUT2D eigenvalue weighted by atomic mass is 32.2. The third kappa shape index (κ3) is 3.03. The standard InChI is InChI=1S/C9H12N2O3S/c1-7(9(10)12)11-15(13,14)8-5-3-2-4-6-8/h2-7,11H,1H3,(H2,10,12)/t7-/m1/s1. The molecule has 0 radical (unpaired) electrons. The SMILES string of the molecule is C[C@@H](NS(=O)(=O)c1ccccc1)C(N)=O. The Morgan fingerprint density at radius 1 is 1.33 bits per heavy atom. The van der Waals surface area contributed by atoms with E-state index >= 15 is 0 Å². The first-order chi connectivity index (χ1) is 6.93. The summed E-state index contributed by atoms with van der Waals surface area (Å²) < 4.78 is 25.4. The largest absolute Gasteiger partial charge is 0.368 e. The van der Waals surface area contributed by atoms with Crippen molar-refractivity contribution >= 4 is 15.9 Å². The highest BCUT2D eigenvalue weighted by molar-refractivity contribution is 7.89. The van der Waals surface area contributed by atoms with Crippen molar-refractivity contribution in [2.45, 2.75) is 17.9 Å². The summed E-state index contributed by atoms with van der Waals surface area (Å²) in [6.07, 6.45) is 0. The normalized spacial score (nSPS) is 13.4. The van der Waals surface area contributed by atoms with Gasteiger partial charge in [0.25, 0.3) is 0 Å². The predicted octanol–water partition coefficient (Wildman–Crippen LogP) is -0.161. The van der Waals surface area contributed by atoms with Crippen LogP contribution in [0.5, 0.6) is 0 Å². The zero-order valence-electron chi connectivity index (χ0n) is 8.17. The van der Waals surface area contributed by atoms with E-state index in [1.807, 2.05) is 0 Å². The van der Waals surface area contributed by atoms with Crippen molar-refractivity contribution in [1.29, 1.82) is 0 Å². The van der Waals surface area contributed by atoms with Crippen LogP contribution in [0.25, 0.3) is 0 Å². The minimum absolute atomic E-state index is 0.109. The highest BCUT2D eigenvalue weighted by Crippen LogP contribution is 2.07. The van der Waals surface area contributed by atoms with E-state index < -0.39 is 22.0 Å². The maximum Gasteiger partial charge on any atom is 0.241 e. The van der Waals surface area contributed by atoms with Gasteiger partial charge in [-0.25, -0.2) is 8.42 Å². The molecule has 0 aliphatic heterocycles. The molecule has 0 heterocycles. The molecule has 1 atom stereocenters. The van der Waals surface area contributed by atoms with Gasteiger partial charge in [-0.1, -0.05) is 18.2 Å². The summed E-state index contributed by atoms with van der Waals surface area (Å²) in [5.41, 5.74) is 4.96. The Balaban J connectivity index is 2.91. The molecule has 15 heavy (non-hydrogen) atoms. The summed E-state index contributed by atoms with van der Waals surface area (Å²) >= 11 is 0. The molecule has 0 bridgehead atoms. The lowest BCUT2D eigenvalue weighted by molar-refractivity contribution is -0.119. The molecule has 0 fully saturated rings. The molecule has 1 aromatic rings. The van der Waals surface area contributed by atoms with Gasteiger partial charge in [0.05, 0.1) is 10.9 Å². The van der Waals surface area contributed by atoms with Gasteiger partial charge in [0.15, 0.2) is 0 Å². The fraction of sp³-hybridized carbons (Fsp3) is 0.222. The number of nitrogens with one attached hydrogen (secondary N) is 1. The van der Waals surface area contributed by atoms with Gasteiger partial charge in [0, 0.05) is 0 Å². The topological polar surface area (TPSA) is 89.3 Å². The van der Waals surface area contributed by atoms with Crippen molar-refractivity contribution in [2.75, 3.05) is 0 Å². The highest BCUT2D eigenvalue weighted by Gasteiger charge is 2.19. The van der Waals surface area contributed by atoms with Gasteiger partial charge >= 0.3 is 0 Å². The van der Waals surface area contributed by atoms with E-state index in [9.17, 15) is 13.2 Å². The van der Waals surface area contributed by atoms with E-state index in [-0.39, 0.29) is 4.90 Å². The zero-order valence-corrected chi connectivity index (χ0v) is 8.99. The summed E-state index contributed by atoms with van der Waals surface area (Å²) in [5.74, 6) is -0.713. The summed E-state index contributed by atoms with van der Waals surface area (Å²) in [5, 5.41) is 0. The third-order valence-corrected chi connectivity index (χ3v) is 3.37. The summed E-state index contributed by atoms with van der Waals surface area (Å²) in [4.78, 5) is 10.8. The number of hydrogen-bond acceptors (Lipinski definition) is 3. The Hall–Kier alpha value is -1.40. The van der Waals surface area contributed by atoms with Crippen LogP contribution in [0.4, 0.5) is 0 Å². The zero-order chi connectivity index (χ0) is 11.5. The van der Waals surface area contributed by atoms with Gasteiger partial charge in [-0.2, -0.15) is 4.72 Å². The van der Waals surface area contributed by atoms with Crippen LogP contribution < -0.4 is 10.5 Å². The molecule has 3 N–H and O–H groups in total. The fourth-order valence-electron chi connectivity index (χ4n) is 0.958. The quantitative estimate of drug-likeness (QED) is 0.750. The van der Waals surface area contributed by atoms with Crippen LogP contribution in [0, 0.1) is 0 Å². The lowest BCUT2D eigenvalue weighted by atomic mass is 10.4. The predicted molar refractivity (Wildman–Crippen MR) is 55.4 cm³/mol. The van der Waals surface area contributed by atoms with Crippen molar-refractivity contribution in [3.63, 3.8) is 0 Å². The molecule has 0 aliphatic rings. The monoisotopic (exact) mass is 228 g/mol. The number of primary amides is 1. The molecule has 82 valence electrons. The van der Waals surface area contributed by atoms with Gasteiger partial charge in [0.1, 0.15) is 0 Å². The number of hydrogen-bond donors (Lipinski definition) is 2. The molecule has 1 amide bonds. The molecule has 0 spiro atoms. The maximum absolute atomic E-state index is 11.6. The molecule has 5 nitrogen and oxygen atoms in total. The summed E-state index contributed by atoms with van der Waals surface area (Å²) in [7, 11) is -3.66. The number of nitrogens with two attached hydrogens (primary N) is 1. The molecule has 0 aromatic heterocycles. The van der Waals surface area contributed by atoms with Gasteiger partial charge in [0.2, 0.25) is 15.9 Å². The van der Waals surface area contributed by atoms with E-state index in [2.05, 4.69) is 4.72 Å². The Kier molecular flexibility index (Phi) is 3.43. The summed E-state index contributed by atoms with van der Waals surface area (Å²) in [6, 6.07) is 6.87. The van der Waals surface area contributed by atoms with E-state index in [4.69, 9.17) is 5.73 Å². The molecular weight excluding hydrogens is 216 g/mol. The second kappa shape index (κ2) is 4.41. The van der Waals surface area contributed by atoms with Crippen molar-refractivity contribution in [1.82, 2.24) is 4.72 Å². The summed E-state index contributed by atoms with van der Waals surface area (Å²) in [6.45, 7) is 1.39. The maximum atomic E-state index is 11.6. The lowest BCUT2D eigenvalue weighted by Gasteiger charge is -2.10. The number of rotatable bonds is 4. The minimum atomic E-state index is -3.66. The number of carbonyl (C=O) groups excluding carboxylic acids is 1. The second-order valence-corrected chi connectivity index (χ2v) is 4.77.